The second-order valence-corrected chi connectivity index (χ2v) is 13.4. The van der Waals surface area contributed by atoms with Crippen LogP contribution in [0.4, 0.5) is 23.0 Å². The van der Waals surface area contributed by atoms with Gasteiger partial charge in [-0.1, -0.05) is 116 Å². The van der Waals surface area contributed by atoms with Crippen LogP contribution in [0, 0.1) is 5.41 Å². The molecule has 3 heterocycles. The highest BCUT2D eigenvalue weighted by atomic mass is 15.5. The fraction of sp³-hybridized carbons (Fsp3) is 0.436. The third-order valence-electron chi connectivity index (χ3n) is 10.7. The van der Waals surface area contributed by atoms with Crippen LogP contribution in [0.2, 0.25) is 0 Å². The van der Waals surface area contributed by atoms with Crippen LogP contribution in [0.5, 0.6) is 0 Å². The van der Waals surface area contributed by atoms with Crippen LogP contribution in [-0.2, 0) is 5.41 Å². The SMILES string of the molecule is CCCC1(CC)c2ccccc2N2c3nc(-c4c(C(C)C)cccc4C(C)C)cnc3N(c3ccccc3)C2C1(C)CC. The molecule has 0 fully saturated rings. The highest BCUT2D eigenvalue weighted by Gasteiger charge is 2.62. The molecule has 3 aromatic carbocycles. The summed E-state index contributed by atoms with van der Waals surface area (Å²) in [5.74, 6) is 2.69. The monoisotopic (exact) mass is 572 g/mol. The number of anilines is 4. The number of rotatable bonds is 8. The summed E-state index contributed by atoms with van der Waals surface area (Å²) >= 11 is 0. The van der Waals surface area contributed by atoms with E-state index in [2.05, 4.69) is 138 Å². The van der Waals surface area contributed by atoms with E-state index in [-0.39, 0.29) is 17.0 Å². The quantitative estimate of drug-likeness (QED) is 0.210. The lowest BCUT2D eigenvalue weighted by molar-refractivity contribution is 0.0722. The molecule has 0 radical (unpaired) electrons. The van der Waals surface area contributed by atoms with Gasteiger partial charge in [0.05, 0.1) is 11.9 Å². The van der Waals surface area contributed by atoms with Gasteiger partial charge in [0, 0.05) is 27.8 Å². The van der Waals surface area contributed by atoms with Gasteiger partial charge in [0.25, 0.3) is 0 Å². The van der Waals surface area contributed by atoms with Gasteiger partial charge < -0.3 is 9.80 Å². The van der Waals surface area contributed by atoms with Crippen molar-refractivity contribution in [3.8, 4) is 11.3 Å². The van der Waals surface area contributed by atoms with Crippen LogP contribution < -0.4 is 9.80 Å². The van der Waals surface area contributed by atoms with Crippen LogP contribution in [0.1, 0.15) is 110 Å². The topological polar surface area (TPSA) is 32.3 Å². The largest absolute Gasteiger partial charge is 0.301 e. The summed E-state index contributed by atoms with van der Waals surface area (Å²) in [5.41, 5.74) is 8.75. The summed E-state index contributed by atoms with van der Waals surface area (Å²) in [4.78, 5) is 16.0. The molecule has 1 aromatic heterocycles. The van der Waals surface area contributed by atoms with E-state index in [1.54, 1.807) is 0 Å². The predicted molar refractivity (Wildman–Crippen MR) is 182 cm³/mol. The Balaban J connectivity index is 1.69. The minimum absolute atomic E-state index is 0.0290. The normalized spacial score (nSPS) is 22.6. The molecule has 6 rings (SSSR count). The van der Waals surface area contributed by atoms with Crippen molar-refractivity contribution in [1.29, 1.82) is 0 Å². The first-order chi connectivity index (χ1) is 20.7. The lowest BCUT2D eigenvalue weighted by Gasteiger charge is -2.60. The Hall–Kier alpha value is -3.66. The molecule has 0 saturated carbocycles. The third-order valence-corrected chi connectivity index (χ3v) is 10.7. The minimum atomic E-state index is -0.0660. The van der Waals surface area contributed by atoms with Gasteiger partial charge in [-0.25, -0.2) is 9.97 Å². The molecule has 3 atom stereocenters. The minimum Gasteiger partial charge on any atom is -0.301 e. The molecule has 4 aromatic rings. The van der Waals surface area contributed by atoms with Crippen LogP contribution in [0.3, 0.4) is 0 Å². The Bertz CT molecular complexity index is 1580. The maximum absolute atomic E-state index is 5.61. The summed E-state index contributed by atoms with van der Waals surface area (Å²) in [5, 5.41) is 0. The van der Waals surface area contributed by atoms with Crippen molar-refractivity contribution < 1.29 is 0 Å². The molecule has 0 bridgehead atoms. The molecule has 0 N–H and O–H groups in total. The molecule has 2 aliphatic rings. The van der Waals surface area contributed by atoms with Gasteiger partial charge in [-0.2, -0.15) is 0 Å². The third kappa shape index (κ3) is 4.24. The van der Waals surface area contributed by atoms with Crippen molar-refractivity contribution in [3.63, 3.8) is 0 Å². The van der Waals surface area contributed by atoms with Crippen LogP contribution in [-0.4, -0.2) is 16.1 Å². The molecule has 3 unspecified atom stereocenters. The number of hydrogen-bond donors (Lipinski definition) is 0. The first-order valence-electron chi connectivity index (χ1n) is 16.5. The maximum atomic E-state index is 5.61. The van der Waals surface area contributed by atoms with Gasteiger partial charge in [0.15, 0.2) is 11.6 Å². The Kier molecular flexibility index (Phi) is 7.61. The first kappa shape index (κ1) is 29.4. The zero-order chi connectivity index (χ0) is 30.5. The zero-order valence-electron chi connectivity index (χ0n) is 27.4. The fourth-order valence-corrected chi connectivity index (χ4v) is 8.47. The number of hydrogen-bond acceptors (Lipinski definition) is 4. The fourth-order valence-electron chi connectivity index (χ4n) is 8.47. The Morgan fingerprint density at radius 3 is 2.00 bits per heavy atom. The average Bonchev–Trinajstić information content (AvgIpc) is 3.38. The standard InChI is InChI=1S/C39H48N4/c1-9-24-39(11-3)31-22-15-16-23-33(31)43-36-35(42(28-18-13-12-14-19-28)37(43)38(39,8)10-2)40-25-32(41-36)34-29(26(4)5)20-17-21-30(34)27(6)7/h12-23,25-27,37H,9-11,24H2,1-8H3. The molecule has 4 nitrogen and oxygen atoms in total. The Morgan fingerprint density at radius 1 is 0.744 bits per heavy atom. The molecule has 43 heavy (non-hydrogen) atoms. The van der Waals surface area contributed by atoms with E-state index in [0.29, 0.717) is 11.8 Å². The van der Waals surface area contributed by atoms with E-state index in [9.17, 15) is 0 Å². The maximum Gasteiger partial charge on any atom is 0.179 e. The number of nitrogens with zero attached hydrogens (tertiary/aromatic N) is 4. The molecule has 0 aliphatic carbocycles. The molecule has 0 spiro atoms. The van der Waals surface area contributed by atoms with Crippen molar-refractivity contribution in [2.75, 3.05) is 9.80 Å². The number of benzene rings is 3. The second-order valence-electron chi connectivity index (χ2n) is 13.4. The van der Waals surface area contributed by atoms with Crippen molar-refractivity contribution in [1.82, 2.24) is 9.97 Å². The molecule has 0 saturated heterocycles. The van der Waals surface area contributed by atoms with Gasteiger partial charge in [-0.15, -0.1) is 0 Å². The molecule has 4 heteroatoms. The molecule has 224 valence electrons. The molecule has 0 amide bonds. The average molecular weight is 573 g/mol. The lowest BCUT2D eigenvalue weighted by atomic mass is 9.52. The van der Waals surface area contributed by atoms with Gasteiger partial charge in [0.1, 0.15) is 6.17 Å². The molecule has 2 aliphatic heterocycles. The van der Waals surface area contributed by atoms with Crippen LogP contribution in [0.15, 0.2) is 79.0 Å². The molecular weight excluding hydrogens is 524 g/mol. The van der Waals surface area contributed by atoms with Crippen molar-refractivity contribution in [2.45, 2.75) is 104 Å². The second kappa shape index (κ2) is 11.1. The van der Waals surface area contributed by atoms with Gasteiger partial charge in [0.2, 0.25) is 0 Å². The Morgan fingerprint density at radius 2 is 1.40 bits per heavy atom. The van der Waals surface area contributed by atoms with Crippen LogP contribution in [0.25, 0.3) is 11.3 Å². The number of aromatic nitrogens is 2. The van der Waals surface area contributed by atoms with E-state index in [1.165, 1.54) is 33.6 Å². The highest BCUT2D eigenvalue weighted by Crippen LogP contribution is 2.65. The van der Waals surface area contributed by atoms with E-state index in [0.717, 1.165) is 43.0 Å². The smallest absolute Gasteiger partial charge is 0.179 e. The van der Waals surface area contributed by atoms with Crippen molar-refractivity contribution in [2.24, 2.45) is 5.41 Å². The Labute approximate surface area is 259 Å². The van der Waals surface area contributed by atoms with E-state index >= 15 is 0 Å². The highest BCUT2D eigenvalue weighted by molar-refractivity contribution is 5.88. The van der Waals surface area contributed by atoms with Crippen LogP contribution >= 0.6 is 0 Å². The summed E-state index contributed by atoms with van der Waals surface area (Å²) in [6.07, 6.45) is 6.53. The van der Waals surface area contributed by atoms with Gasteiger partial charge >= 0.3 is 0 Å². The summed E-state index contributed by atoms with van der Waals surface area (Å²) < 4.78 is 0. The van der Waals surface area contributed by atoms with E-state index in [1.807, 2.05) is 6.20 Å². The first-order valence-corrected chi connectivity index (χ1v) is 16.5. The lowest BCUT2D eigenvalue weighted by Crippen LogP contribution is -2.63. The van der Waals surface area contributed by atoms with E-state index < -0.39 is 0 Å². The van der Waals surface area contributed by atoms with Gasteiger partial charge in [-0.3, -0.25) is 0 Å². The molecular formula is C39H48N4. The van der Waals surface area contributed by atoms with E-state index in [4.69, 9.17) is 9.97 Å². The summed E-state index contributed by atoms with van der Waals surface area (Å²) in [6.45, 7) is 18.8. The summed E-state index contributed by atoms with van der Waals surface area (Å²) in [7, 11) is 0. The number of fused-ring (bicyclic) bond motifs is 5. The summed E-state index contributed by atoms with van der Waals surface area (Å²) in [6, 6.07) is 26.8. The predicted octanol–water partition coefficient (Wildman–Crippen LogP) is 10.9. The number of para-hydroxylation sites is 2. The van der Waals surface area contributed by atoms with Crippen molar-refractivity contribution in [3.05, 3.63) is 95.7 Å². The van der Waals surface area contributed by atoms with Gasteiger partial charge in [-0.05, 0) is 66.0 Å². The van der Waals surface area contributed by atoms with Crippen molar-refractivity contribution >= 4 is 23.0 Å². The zero-order valence-corrected chi connectivity index (χ0v) is 27.4.